The third-order valence-corrected chi connectivity index (χ3v) is 2.41. The van der Waals surface area contributed by atoms with Gasteiger partial charge in [0.05, 0.1) is 6.61 Å². The summed E-state index contributed by atoms with van der Waals surface area (Å²) in [4.78, 5) is 37.1. The molecule has 0 N–H and O–H groups in total. The molecule has 0 saturated carbocycles. The molecule has 0 aliphatic carbocycles. The van der Waals surface area contributed by atoms with Crippen LogP contribution >= 0.6 is 0 Å². The molecule has 0 aromatic heterocycles. The first kappa shape index (κ1) is 12.5. The zero-order valence-corrected chi connectivity index (χ0v) is 9.56. The summed E-state index contributed by atoms with van der Waals surface area (Å²) in [6.07, 6.45) is 0.674. The molecule has 16 heavy (non-hydrogen) atoms. The summed E-state index contributed by atoms with van der Waals surface area (Å²) in [5.74, 6) is -1.78. The molecular weight excluding hydrogens is 212 g/mol. The van der Waals surface area contributed by atoms with Crippen LogP contribution in [0.3, 0.4) is 0 Å². The summed E-state index contributed by atoms with van der Waals surface area (Å²) in [5.41, 5.74) is 0. The van der Waals surface area contributed by atoms with E-state index in [2.05, 4.69) is 4.74 Å². The first-order chi connectivity index (χ1) is 7.56. The molecule has 1 heterocycles. The van der Waals surface area contributed by atoms with Crippen molar-refractivity contribution in [1.82, 2.24) is 9.80 Å². The fourth-order valence-corrected chi connectivity index (χ4v) is 1.48. The van der Waals surface area contributed by atoms with Crippen molar-refractivity contribution >= 4 is 17.8 Å². The Labute approximate surface area is 94.1 Å². The van der Waals surface area contributed by atoms with Crippen molar-refractivity contribution in [3.05, 3.63) is 0 Å². The summed E-state index contributed by atoms with van der Waals surface area (Å²) in [6.45, 7) is 2.76. The predicted octanol–water partition coefficient (Wildman–Crippen LogP) is -0.760. The molecule has 1 saturated heterocycles. The lowest BCUT2D eigenvalue weighted by atomic mass is 10.4. The number of carbonyl (C=O) groups excluding carboxylic acids is 3. The van der Waals surface area contributed by atoms with Crippen molar-refractivity contribution in [2.24, 2.45) is 0 Å². The number of nitrogens with zero attached hydrogens (tertiary/aromatic N) is 2. The van der Waals surface area contributed by atoms with E-state index in [0.29, 0.717) is 19.5 Å². The van der Waals surface area contributed by atoms with Gasteiger partial charge in [-0.25, -0.2) is 4.79 Å². The zero-order valence-electron chi connectivity index (χ0n) is 9.56. The Morgan fingerprint density at radius 2 is 2.06 bits per heavy atom. The summed E-state index contributed by atoms with van der Waals surface area (Å²) in [7, 11) is 1.68. The van der Waals surface area contributed by atoms with Crippen LogP contribution in [0, 0.1) is 0 Å². The normalized spacial score (nSPS) is 17.0. The fourth-order valence-electron chi connectivity index (χ4n) is 1.48. The molecule has 0 radical (unpaired) electrons. The van der Waals surface area contributed by atoms with E-state index in [1.54, 1.807) is 18.9 Å². The van der Waals surface area contributed by atoms with Gasteiger partial charge in [-0.1, -0.05) is 0 Å². The van der Waals surface area contributed by atoms with Gasteiger partial charge >= 0.3 is 11.9 Å². The highest BCUT2D eigenvalue weighted by molar-refractivity contribution is 6.32. The number of hydrogen-bond acceptors (Lipinski definition) is 4. The summed E-state index contributed by atoms with van der Waals surface area (Å²) >= 11 is 0. The van der Waals surface area contributed by atoms with E-state index in [0.717, 1.165) is 0 Å². The number of rotatable bonds is 1. The van der Waals surface area contributed by atoms with Crippen LogP contribution in [0.1, 0.15) is 13.3 Å². The van der Waals surface area contributed by atoms with Crippen molar-refractivity contribution in [2.45, 2.75) is 13.3 Å². The average Bonchev–Trinajstić information content (AvgIpc) is 2.41. The Kier molecular flexibility index (Phi) is 4.28. The molecule has 1 aliphatic heterocycles. The van der Waals surface area contributed by atoms with Crippen molar-refractivity contribution < 1.29 is 19.1 Å². The maximum atomic E-state index is 11.6. The van der Waals surface area contributed by atoms with Crippen LogP contribution < -0.4 is 0 Å². The van der Waals surface area contributed by atoms with E-state index in [1.807, 2.05) is 0 Å². The molecule has 6 nitrogen and oxygen atoms in total. The maximum absolute atomic E-state index is 11.6. The van der Waals surface area contributed by atoms with E-state index >= 15 is 0 Å². The third kappa shape index (κ3) is 2.95. The van der Waals surface area contributed by atoms with Crippen LogP contribution in [0.5, 0.6) is 0 Å². The number of esters is 1. The Morgan fingerprint density at radius 1 is 1.38 bits per heavy atom. The summed E-state index contributed by atoms with van der Waals surface area (Å²) < 4.78 is 4.60. The minimum absolute atomic E-state index is 0.0475. The van der Waals surface area contributed by atoms with E-state index in [1.165, 1.54) is 4.90 Å². The van der Waals surface area contributed by atoms with Crippen molar-refractivity contribution in [3.63, 3.8) is 0 Å². The standard InChI is InChI=1S/C10H16N2O4/c1-3-16-10(15)9(14)12-6-4-5-11(2)8(13)7-12/h3-7H2,1-2H3. The van der Waals surface area contributed by atoms with Gasteiger partial charge in [-0.3, -0.25) is 9.59 Å². The highest BCUT2D eigenvalue weighted by Crippen LogP contribution is 2.03. The lowest BCUT2D eigenvalue weighted by molar-refractivity contribution is -0.160. The van der Waals surface area contributed by atoms with Gasteiger partial charge in [-0.05, 0) is 13.3 Å². The molecule has 2 amide bonds. The first-order valence-electron chi connectivity index (χ1n) is 5.26. The Hall–Kier alpha value is -1.59. The van der Waals surface area contributed by atoms with Gasteiger partial charge in [0.15, 0.2) is 0 Å². The molecule has 1 rings (SSSR count). The molecule has 0 aromatic carbocycles. The Balaban J connectivity index is 2.62. The Morgan fingerprint density at radius 3 is 2.69 bits per heavy atom. The van der Waals surface area contributed by atoms with Crippen molar-refractivity contribution in [3.8, 4) is 0 Å². The molecular formula is C10H16N2O4. The minimum Gasteiger partial charge on any atom is -0.459 e. The number of likely N-dealkylation sites (N-methyl/N-ethyl adjacent to an activating group) is 1. The monoisotopic (exact) mass is 228 g/mol. The van der Waals surface area contributed by atoms with Crippen LogP contribution in [0.2, 0.25) is 0 Å². The number of amides is 2. The fraction of sp³-hybridized carbons (Fsp3) is 0.700. The maximum Gasteiger partial charge on any atom is 0.397 e. The molecule has 0 spiro atoms. The number of hydrogen-bond donors (Lipinski definition) is 0. The van der Waals surface area contributed by atoms with Crippen LogP contribution in [-0.2, 0) is 19.1 Å². The highest BCUT2D eigenvalue weighted by atomic mass is 16.5. The minimum atomic E-state index is -0.889. The van der Waals surface area contributed by atoms with E-state index in [-0.39, 0.29) is 19.1 Å². The second kappa shape index (κ2) is 5.48. The van der Waals surface area contributed by atoms with Crippen LogP contribution in [0.4, 0.5) is 0 Å². The Bertz CT molecular complexity index is 303. The molecule has 0 unspecified atom stereocenters. The van der Waals surface area contributed by atoms with Crippen LogP contribution in [0.25, 0.3) is 0 Å². The van der Waals surface area contributed by atoms with Gasteiger partial charge in [0, 0.05) is 20.1 Å². The second-order valence-corrected chi connectivity index (χ2v) is 3.62. The van der Waals surface area contributed by atoms with E-state index in [4.69, 9.17) is 0 Å². The SMILES string of the molecule is CCOC(=O)C(=O)N1CCCN(C)C(=O)C1. The lowest BCUT2D eigenvalue weighted by Crippen LogP contribution is -2.42. The summed E-state index contributed by atoms with van der Waals surface area (Å²) in [5, 5.41) is 0. The van der Waals surface area contributed by atoms with Gasteiger partial charge < -0.3 is 14.5 Å². The molecule has 0 bridgehead atoms. The van der Waals surface area contributed by atoms with Crippen LogP contribution in [-0.4, -0.2) is 60.9 Å². The summed E-state index contributed by atoms with van der Waals surface area (Å²) in [6, 6.07) is 0. The smallest absolute Gasteiger partial charge is 0.397 e. The quantitative estimate of drug-likeness (QED) is 0.437. The molecule has 1 aliphatic rings. The molecule has 0 atom stereocenters. The largest absolute Gasteiger partial charge is 0.459 e. The van der Waals surface area contributed by atoms with E-state index < -0.39 is 11.9 Å². The topological polar surface area (TPSA) is 66.9 Å². The highest BCUT2D eigenvalue weighted by Gasteiger charge is 2.27. The molecule has 0 aromatic rings. The van der Waals surface area contributed by atoms with Crippen molar-refractivity contribution in [2.75, 3.05) is 33.3 Å². The number of ether oxygens (including phenoxy) is 1. The predicted molar refractivity (Wildman–Crippen MR) is 55.5 cm³/mol. The first-order valence-corrected chi connectivity index (χ1v) is 5.26. The third-order valence-electron chi connectivity index (χ3n) is 2.41. The lowest BCUT2D eigenvalue weighted by Gasteiger charge is -2.18. The molecule has 6 heteroatoms. The molecule has 90 valence electrons. The molecule has 1 fully saturated rings. The van der Waals surface area contributed by atoms with Gasteiger partial charge in [0.2, 0.25) is 5.91 Å². The van der Waals surface area contributed by atoms with Gasteiger partial charge in [-0.2, -0.15) is 0 Å². The van der Waals surface area contributed by atoms with Crippen LogP contribution in [0.15, 0.2) is 0 Å². The van der Waals surface area contributed by atoms with E-state index in [9.17, 15) is 14.4 Å². The van der Waals surface area contributed by atoms with Crippen molar-refractivity contribution in [1.29, 1.82) is 0 Å². The zero-order chi connectivity index (χ0) is 12.1. The van der Waals surface area contributed by atoms with Gasteiger partial charge in [0.25, 0.3) is 0 Å². The van der Waals surface area contributed by atoms with Gasteiger partial charge in [-0.15, -0.1) is 0 Å². The average molecular weight is 228 g/mol. The van der Waals surface area contributed by atoms with Gasteiger partial charge in [0.1, 0.15) is 6.54 Å². The second-order valence-electron chi connectivity index (χ2n) is 3.62. The number of carbonyl (C=O) groups is 3.